The Labute approximate surface area is 122 Å². The maximum Gasteiger partial charge on any atom is 0.115 e. The van der Waals surface area contributed by atoms with Gasteiger partial charge < -0.3 is 15.1 Å². The summed E-state index contributed by atoms with van der Waals surface area (Å²) in [5.74, 6) is 0.273. The van der Waals surface area contributed by atoms with Crippen molar-refractivity contribution >= 4 is 0 Å². The third-order valence-corrected chi connectivity index (χ3v) is 4.82. The average Bonchev–Trinajstić information content (AvgIpc) is 2.65. The lowest BCUT2D eigenvalue weighted by Crippen LogP contribution is -2.54. The summed E-state index contributed by atoms with van der Waals surface area (Å²) >= 11 is 0. The Kier molecular flexibility index (Phi) is 5.06. The van der Waals surface area contributed by atoms with Gasteiger partial charge in [-0.25, -0.2) is 0 Å². The summed E-state index contributed by atoms with van der Waals surface area (Å²) in [6, 6.07) is 7.24. The summed E-state index contributed by atoms with van der Waals surface area (Å²) in [6.45, 7) is 0. The second kappa shape index (κ2) is 6.59. The molecular formula is C17H27NO2. The summed E-state index contributed by atoms with van der Waals surface area (Å²) in [6.07, 6.45) is 7.25. The van der Waals surface area contributed by atoms with Crippen LogP contribution in [0.2, 0.25) is 0 Å². The molecule has 0 saturated heterocycles. The molecule has 0 heterocycles. The topological polar surface area (TPSA) is 43.7 Å². The Balaban J connectivity index is 2.16. The number of likely N-dealkylation sites (N-methyl/N-ethyl adjacent to an activating group) is 1. The van der Waals surface area contributed by atoms with Gasteiger partial charge in [-0.15, -0.1) is 0 Å². The van der Waals surface area contributed by atoms with E-state index in [4.69, 9.17) is 0 Å². The molecule has 3 heteroatoms. The van der Waals surface area contributed by atoms with Crippen LogP contribution in [0.1, 0.15) is 44.1 Å². The first-order valence-corrected chi connectivity index (χ1v) is 7.68. The van der Waals surface area contributed by atoms with Gasteiger partial charge in [0.25, 0.3) is 0 Å². The van der Waals surface area contributed by atoms with Crippen LogP contribution >= 0.6 is 0 Å². The number of hydrogen-bond acceptors (Lipinski definition) is 3. The molecule has 0 aliphatic heterocycles. The molecule has 2 rings (SSSR count). The predicted octanol–water partition coefficient (Wildman–Crippen LogP) is 2.95. The molecule has 1 aromatic rings. The zero-order chi connectivity index (χ0) is 14.6. The predicted molar refractivity (Wildman–Crippen MR) is 81.9 cm³/mol. The molecule has 0 bridgehead atoms. The molecule has 1 fully saturated rings. The van der Waals surface area contributed by atoms with Crippen LogP contribution in [-0.4, -0.2) is 40.9 Å². The van der Waals surface area contributed by atoms with E-state index in [2.05, 4.69) is 19.0 Å². The molecule has 2 N–H and O–H groups in total. The summed E-state index contributed by atoms with van der Waals surface area (Å²) in [7, 11) is 4.16. The molecule has 1 saturated carbocycles. The molecule has 20 heavy (non-hydrogen) atoms. The van der Waals surface area contributed by atoms with Crippen molar-refractivity contribution in [3.8, 4) is 5.75 Å². The standard InChI is InChI=1S/C17H27NO2/c1-18(2)17(10-5-3-4-6-11-17)16(20)13-14-8-7-9-15(19)12-14/h7-9,12,16,19-20H,3-6,10-11,13H2,1-2H3. The summed E-state index contributed by atoms with van der Waals surface area (Å²) in [4.78, 5) is 2.21. The van der Waals surface area contributed by atoms with Crippen molar-refractivity contribution in [3.63, 3.8) is 0 Å². The van der Waals surface area contributed by atoms with E-state index in [0.717, 1.165) is 18.4 Å². The van der Waals surface area contributed by atoms with Crippen LogP contribution in [0.25, 0.3) is 0 Å². The number of benzene rings is 1. The number of aliphatic hydroxyl groups is 1. The van der Waals surface area contributed by atoms with Crippen molar-refractivity contribution in [2.75, 3.05) is 14.1 Å². The van der Waals surface area contributed by atoms with Gasteiger partial charge in [0, 0.05) is 12.0 Å². The summed E-state index contributed by atoms with van der Waals surface area (Å²) in [5, 5.41) is 20.4. The smallest absolute Gasteiger partial charge is 0.115 e. The van der Waals surface area contributed by atoms with Gasteiger partial charge in [0.05, 0.1) is 6.10 Å². The lowest BCUT2D eigenvalue weighted by atomic mass is 9.80. The van der Waals surface area contributed by atoms with Crippen molar-refractivity contribution in [2.45, 2.75) is 56.6 Å². The quantitative estimate of drug-likeness (QED) is 0.832. The largest absolute Gasteiger partial charge is 0.508 e. The van der Waals surface area contributed by atoms with Gasteiger partial charge in [0.15, 0.2) is 0 Å². The second-order valence-corrected chi connectivity index (χ2v) is 6.30. The van der Waals surface area contributed by atoms with Crippen LogP contribution in [0, 0.1) is 0 Å². The van der Waals surface area contributed by atoms with E-state index in [1.54, 1.807) is 12.1 Å². The molecule has 0 spiro atoms. The van der Waals surface area contributed by atoms with E-state index >= 15 is 0 Å². The fraction of sp³-hybridized carbons (Fsp3) is 0.647. The second-order valence-electron chi connectivity index (χ2n) is 6.30. The Hall–Kier alpha value is -1.06. The van der Waals surface area contributed by atoms with Crippen LogP contribution in [0.4, 0.5) is 0 Å². The fourth-order valence-corrected chi connectivity index (χ4v) is 3.52. The lowest BCUT2D eigenvalue weighted by Gasteiger charge is -2.43. The molecule has 112 valence electrons. The molecule has 1 aromatic carbocycles. The van der Waals surface area contributed by atoms with Crippen molar-refractivity contribution in [1.29, 1.82) is 0 Å². The van der Waals surface area contributed by atoms with Gasteiger partial charge in [0.1, 0.15) is 5.75 Å². The molecule has 3 nitrogen and oxygen atoms in total. The van der Waals surface area contributed by atoms with Crippen molar-refractivity contribution in [3.05, 3.63) is 29.8 Å². The lowest BCUT2D eigenvalue weighted by molar-refractivity contribution is -0.0174. The molecule has 0 aromatic heterocycles. The SMILES string of the molecule is CN(C)C1(C(O)Cc2cccc(O)c2)CCCCCC1. The highest BCUT2D eigenvalue weighted by Gasteiger charge is 2.39. The van der Waals surface area contributed by atoms with Gasteiger partial charge in [-0.3, -0.25) is 0 Å². The Morgan fingerprint density at radius 3 is 2.35 bits per heavy atom. The van der Waals surface area contributed by atoms with E-state index in [1.165, 1.54) is 25.7 Å². The van der Waals surface area contributed by atoms with Gasteiger partial charge >= 0.3 is 0 Å². The number of phenols is 1. The van der Waals surface area contributed by atoms with Crippen LogP contribution in [0.3, 0.4) is 0 Å². The number of hydrogen-bond donors (Lipinski definition) is 2. The average molecular weight is 277 g/mol. The van der Waals surface area contributed by atoms with Crippen LogP contribution in [0.15, 0.2) is 24.3 Å². The van der Waals surface area contributed by atoms with Gasteiger partial charge in [0.2, 0.25) is 0 Å². The minimum absolute atomic E-state index is 0.123. The number of nitrogens with zero attached hydrogens (tertiary/aromatic N) is 1. The van der Waals surface area contributed by atoms with Crippen LogP contribution in [0.5, 0.6) is 5.75 Å². The van der Waals surface area contributed by atoms with E-state index in [1.807, 2.05) is 12.1 Å². The molecule has 0 radical (unpaired) electrons. The summed E-state index contributed by atoms with van der Waals surface area (Å²) in [5.41, 5.74) is 0.880. The maximum atomic E-state index is 10.8. The van der Waals surface area contributed by atoms with Crippen LogP contribution in [-0.2, 0) is 6.42 Å². The van der Waals surface area contributed by atoms with E-state index in [0.29, 0.717) is 6.42 Å². The fourth-order valence-electron chi connectivity index (χ4n) is 3.52. The Bertz CT molecular complexity index is 423. The normalized spacial score (nSPS) is 20.6. The van der Waals surface area contributed by atoms with Crippen molar-refractivity contribution in [1.82, 2.24) is 4.90 Å². The third-order valence-electron chi connectivity index (χ3n) is 4.82. The Morgan fingerprint density at radius 1 is 1.15 bits per heavy atom. The first-order chi connectivity index (χ1) is 9.54. The van der Waals surface area contributed by atoms with Gasteiger partial charge in [-0.2, -0.15) is 0 Å². The first kappa shape index (κ1) is 15.3. The zero-order valence-corrected chi connectivity index (χ0v) is 12.7. The van der Waals surface area contributed by atoms with Gasteiger partial charge in [-0.05, 0) is 44.6 Å². The Morgan fingerprint density at radius 2 is 1.80 bits per heavy atom. The molecule has 1 aliphatic rings. The molecule has 1 aliphatic carbocycles. The summed E-state index contributed by atoms with van der Waals surface area (Å²) < 4.78 is 0. The molecule has 1 unspecified atom stereocenters. The highest BCUT2D eigenvalue weighted by Crippen LogP contribution is 2.35. The van der Waals surface area contributed by atoms with Crippen LogP contribution < -0.4 is 0 Å². The number of aliphatic hydroxyl groups excluding tert-OH is 1. The monoisotopic (exact) mass is 277 g/mol. The van der Waals surface area contributed by atoms with Crippen molar-refractivity contribution < 1.29 is 10.2 Å². The van der Waals surface area contributed by atoms with E-state index < -0.39 is 6.10 Å². The van der Waals surface area contributed by atoms with E-state index in [-0.39, 0.29) is 11.3 Å². The highest BCUT2D eigenvalue weighted by molar-refractivity contribution is 5.28. The molecule has 1 atom stereocenters. The number of aromatic hydroxyl groups is 1. The minimum atomic E-state index is -0.391. The number of rotatable bonds is 4. The van der Waals surface area contributed by atoms with Gasteiger partial charge in [-0.1, -0.05) is 37.8 Å². The first-order valence-electron chi connectivity index (χ1n) is 7.68. The van der Waals surface area contributed by atoms with Crippen molar-refractivity contribution in [2.24, 2.45) is 0 Å². The highest BCUT2D eigenvalue weighted by atomic mass is 16.3. The number of phenolic OH excluding ortho intramolecular Hbond substituents is 1. The molecule has 0 amide bonds. The van der Waals surface area contributed by atoms with E-state index in [9.17, 15) is 10.2 Å². The maximum absolute atomic E-state index is 10.8. The zero-order valence-electron chi connectivity index (χ0n) is 12.7. The third kappa shape index (κ3) is 3.33. The molecular weight excluding hydrogens is 250 g/mol. The minimum Gasteiger partial charge on any atom is -0.508 e.